The normalized spacial score (nSPS) is 12.6. The minimum atomic E-state index is 0.391. The molecule has 0 amide bonds. The van der Waals surface area contributed by atoms with E-state index >= 15 is 0 Å². The minimum absolute atomic E-state index is 0.391. The van der Waals surface area contributed by atoms with Gasteiger partial charge < -0.3 is 9.84 Å². The molecule has 0 saturated carbocycles. The molecule has 0 aliphatic heterocycles. The van der Waals surface area contributed by atoms with Gasteiger partial charge in [-0.3, -0.25) is 0 Å². The SMILES string of the molecule is CNC(C)c1ccc(SCc2cc(C)on2)cc1. The first-order valence-corrected chi connectivity index (χ1v) is 7.00. The number of nitrogens with zero attached hydrogens (tertiary/aromatic N) is 1. The molecular weight excluding hydrogens is 244 g/mol. The highest BCUT2D eigenvalue weighted by atomic mass is 32.2. The first-order valence-electron chi connectivity index (χ1n) is 6.01. The van der Waals surface area contributed by atoms with Crippen molar-refractivity contribution in [3.63, 3.8) is 0 Å². The Balaban J connectivity index is 1.94. The Hall–Kier alpha value is -1.26. The Bertz CT molecular complexity index is 493. The molecule has 2 aromatic rings. The van der Waals surface area contributed by atoms with Crippen LogP contribution < -0.4 is 5.32 Å². The van der Waals surface area contributed by atoms with Gasteiger partial charge in [-0.15, -0.1) is 11.8 Å². The molecule has 1 atom stereocenters. The zero-order valence-electron chi connectivity index (χ0n) is 10.9. The van der Waals surface area contributed by atoms with Gasteiger partial charge in [-0.1, -0.05) is 17.3 Å². The summed E-state index contributed by atoms with van der Waals surface area (Å²) in [5.41, 5.74) is 2.30. The van der Waals surface area contributed by atoms with Crippen LogP contribution in [0.25, 0.3) is 0 Å². The molecule has 0 fully saturated rings. The third-order valence-corrected chi connectivity index (χ3v) is 3.92. The summed E-state index contributed by atoms with van der Waals surface area (Å²) in [5, 5.41) is 7.22. The third-order valence-electron chi connectivity index (χ3n) is 2.88. The highest BCUT2D eigenvalue weighted by Gasteiger charge is 2.04. The first-order chi connectivity index (χ1) is 8.69. The van der Waals surface area contributed by atoms with Crippen LogP contribution in [-0.2, 0) is 5.75 Å². The average molecular weight is 262 g/mol. The van der Waals surface area contributed by atoms with Gasteiger partial charge in [-0.25, -0.2) is 0 Å². The predicted molar refractivity (Wildman–Crippen MR) is 74.7 cm³/mol. The van der Waals surface area contributed by atoms with Gasteiger partial charge in [0.15, 0.2) is 0 Å². The van der Waals surface area contributed by atoms with Crippen molar-refractivity contribution in [1.29, 1.82) is 0 Å². The van der Waals surface area contributed by atoms with Crippen LogP contribution in [-0.4, -0.2) is 12.2 Å². The van der Waals surface area contributed by atoms with E-state index in [2.05, 4.69) is 41.7 Å². The Morgan fingerprint density at radius 3 is 2.61 bits per heavy atom. The second-order valence-corrected chi connectivity index (χ2v) is 5.35. The van der Waals surface area contributed by atoms with Crippen molar-refractivity contribution in [2.75, 3.05) is 7.05 Å². The monoisotopic (exact) mass is 262 g/mol. The molecule has 18 heavy (non-hydrogen) atoms. The number of rotatable bonds is 5. The fourth-order valence-corrected chi connectivity index (χ4v) is 2.44. The maximum Gasteiger partial charge on any atom is 0.133 e. The molecule has 0 saturated heterocycles. The van der Waals surface area contributed by atoms with Gasteiger partial charge in [0.2, 0.25) is 0 Å². The lowest BCUT2D eigenvalue weighted by Crippen LogP contribution is -2.11. The Morgan fingerprint density at radius 2 is 2.06 bits per heavy atom. The molecule has 1 aromatic carbocycles. The molecule has 0 aliphatic carbocycles. The van der Waals surface area contributed by atoms with E-state index in [1.54, 1.807) is 11.8 Å². The molecule has 96 valence electrons. The van der Waals surface area contributed by atoms with Gasteiger partial charge in [0.1, 0.15) is 5.76 Å². The summed E-state index contributed by atoms with van der Waals surface area (Å²) in [6, 6.07) is 11.0. The molecule has 0 spiro atoms. The van der Waals surface area contributed by atoms with E-state index in [4.69, 9.17) is 4.52 Å². The van der Waals surface area contributed by atoms with Crippen LogP contribution in [0.3, 0.4) is 0 Å². The Morgan fingerprint density at radius 1 is 1.33 bits per heavy atom. The van der Waals surface area contributed by atoms with Gasteiger partial charge >= 0.3 is 0 Å². The summed E-state index contributed by atoms with van der Waals surface area (Å²) in [6.07, 6.45) is 0. The number of aryl methyl sites for hydroxylation is 1. The van der Waals surface area contributed by atoms with E-state index in [-0.39, 0.29) is 0 Å². The Kier molecular flexibility index (Phi) is 4.44. The molecule has 1 unspecified atom stereocenters. The average Bonchev–Trinajstić information content (AvgIpc) is 2.82. The van der Waals surface area contributed by atoms with Crippen LogP contribution in [0.1, 0.15) is 30.0 Å². The van der Waals surface area contributed by atoms with Crippen molar-refractivity contribution in [2.45, 2.75) is 30.5 Å². The minimum Gasteiger partial charge on any atom is -0.361 e. The summed E-state index contributed by atoms with van der Waals surface area (Å²) in [5.74, 6) is 1.71. The largest absolute Gasteiger partial charge is 0.361 e. The molecule has 1 N–H and O–H groups in total. The number of aromatic nitrogens is 1. The van der Waals surface area contributed by atoms with Gasteiger partial charge in [-0.05, 0) is 38.6 Å². The van der Waals surface area contributed by atoms with Crippen molar-refractivity contribution in [3.8, 4) is 0 Å². The standard InChI is InChI=1S/C14H18N2OS/c1-10-8-13(16-17-10)9-18-14-6-4-12(5-7-14)11(2)15-3/h4-8,11,15H,9H2,1-3H3. The summed E-state index contributed by atoms with van der Waals surface area (Å²) in [7, 11) is 1.97. The second kappa shape index (κ2) is 6.07. The van der Waals surface area contributed by atoms with Crippen molar-refractivity contribution in [3.05, 3.63) is 47.3 Å². The second-order valence-electron chi connectivity index (χ2n) is 4.30. The predicted octanol–water partition coefficient (Wildman–Crippen LogP) is 3.56. The van der Waals surface area contributed by atoms with E-state index < -0.39 is 0 Å². The number of benzene rings is 1. The third kappa shape index (κ3) is 3.37. The maximum absolute atomic E-state index is 5.05. The molecule has 1 aromatic heterocycles. The summed E-state index contributed by atoms with van der Waals surface area (Å²) in [6.45, 7) is 4.06. The zero-order valence-corrected chi connectivity index (χ0v) is 11.8. The molecule has 3 nitrogen and oxygen atoms in total. The number of nitrogens with one attached hydrogen (secondary N) is 1. The zero-order chi connectivity index (χ0) is 13.0. The van der Waals surface area contributed by atoms with Crippen LogP contribution in [0.5, 0.6) is 0 Å². The van der Waals surface area contributed by atoms with E-state index in [1.807, 2.05) is 20.0 Å². The van der Waals surface area contributed by atoms with Crippen molar-refractivity contribution >= 4 is 11.8 Å². The van der Waals surface area contributed by atoms with Gasteiger partial charge in [0.05, 0.1) is 5.69 Å². The van der Waals surface area contributed by atoms with E-state index in [1.165, 1.54) is 10.5 Å². The van der Waals surface area contributed by atoms with Crippen LogP contribution >= 0.6 is 11.8 Å². The van der Waals surface area contributed by atoms with E-state index in [0.29, 0.717) is 6.04 Å². The smallest absolute Gasteiger partial charge is 0.133 e. The summed E-state index contributed by atoms with van der Waals surface area (Å²) < 4.78 is 5.05. The van der Waals surface area contributed by atoms with E-state index in [0.717, 1.165) is 17.2 Å². The molecule has 1 heterocycles. The van der Waals surface area contributed by atoms with Crippen molar-refractivity contribution in [1.82, 2.24) is 10.5 Å². The quantitative estimate of drug-likeness (QED) is 0.836. The maximum atomic E-state index is 5.05. The highest BCUT2D eigenvalue weighted by Crippen LogP contribution is 2.24. The molecule has 2 rings (SSSR count). The molecule has 0 radical (unpaired) electrons. The molecule has 0 aliphatic rings. The molecule has 0 bridgehead atoms. The molecule has 4 heteroatoms. The van der Waals surface area contributed by atoms with Crippen LogP contribution in [0.2, 0.25) is 0 Å². The van der Waals surface area contributed by atoms with Crippen LogP contribution in [0, 0.1) is 6.92 Å². The van der Waals surface area contributed by atoms with Gasteiger partial charge in [0, 0.05) is 22.8 Å². The lowest BCUT2D eigenvalue weighted by molar-refractivity contribution is 0.393. The van der Waals surface area contributed by atoms with Gasteiger partial charge in [0.25, 0.3) is 0 Å². The van der Waals surface area contributed by atoms with Gasteiger partial charge in [-0.2, -0.15) is 0 Å². The summed E-state index contributed by atoms with van der Waals surface area (Å²) in [4.78, 5) is 1.25. The fourth-order valence-electron chi connectivity index (χ4n) is 1.66. The van der Waals surface area contributed by atoms with E-state index in [9.17, 15) is 0 Å². The first kappa shape index (κ1) is 13.2. The summed E-state index contributed by atoms with van der Waals surface area (Å²) >= 11 is 1.77. The fraction of sp³-hybridized carbons (Fsp3) is 0.357. The van der Waals surface area contributed by atoms with Crippen LogP contribution in [0.4, 0.5) is 0 Å². The number of thioether (sulfide) groups is 1. The highest BCUT2D eigenvalue weighted by molar-refractivity contribution is 7.98. The van der Waals surface area contributed by atoms with Crippen LogP contribution in [0.15, 0.2) is 39.8 Å². The van der Waals surface area contributed by atoms with Crippen molar-refractivity contribution < 1.29 is 4.52 Å². The van der Waals surface area contributed by atoms with Crippen molar-refractivity contribution in [2.24, 2.45) is 0 Å². The number of hydrogen-bond acceptors (Lipinski definition) is 4. The lowest BCUT2D eigenvalue weighted by atomic mass is 10.1. The lowest BCUT2D eigenvalue weighted by Gasteiger charge is -2.10. The molecular formula is C14H18N2OS. The Labute approximate surface area is 112 Å². The topological polar surface area (TPSA) is 38.1 Å². The number of hydrogen-bond donors (Lipinski definition) is 1.